The standard InChI is InChI=1S/C29H28N6O7/c36-27(37)19-9-5-4-8-17(19)12-39-13-20-22-23(42-28(41-22)16-6-2-1-3-7-16)26(40-20)35-15-32-21-24(30-14-31-25(21)35)34-29(38)33-18-10-11-18/h1-9,14-15,18,20,22-23,26,28H,10-13H2,(H,36,37)(H2,30,31,33,34,38)/t20?,22?,23?,26?,28-/m0/s1. The van der Waals surface area contributed by atoms with Crippen LogP contribution in [0.25, 0.3) is 11.2 Å². The van der Waals surface area contributed by atoms with Crippen molar-refractivity contribution < 1.29 is 33.6 Å². The molecule has 13 nitrogen and oxygen atoms in total. The Morgan fingerprint density at radius 3 is 2.57 bits per heavy atom. The number of benzene rings is 2. The number of nitrogens with one attached hydrogen (secondary N) is 2. The lowest BCUT2D eigenvalue weighted by molar-refractivity contribution is -0.158. The van der Waals surface area contributed by atoms with Gasteiger partial charge in [-0.3, -0.25) is 9.88 Å². The van der Waals surface area contributed by atoms with Crippen LogP contribution < -0.4 is 10.6 Å². The number of carbonyl (C=O) groups excluding carboxylic acids is 1. The minimum atomic E-state index is -1.02. The van der Waals surface area contributed by atoms with E-state index in [1.165, 1.54) is 6.33 Å². The van der Waals surface area contributed by atoms with Crippen LogP contribution in [0.1, 0.15) is 46.8 Å². The molecule has 216 valence electrons. The number of aromatic nitrogens is 4. The van der Waals surface area contributed by atoms with E-state index in [1.54, 1.807) is 35.2 Å². The van der Waals surface area contributed by atoms with E-state index in [0.717, 1.165) is 18.4 Å². The number of hydrogen-bond donors (Lipinski definition) is 3. The first kappa shape index (κ1) is 26.5. The quantitative estimate of drug-likeness (QED) is 0.271. The molecule has 3 fully saturated rings. The number of aromatic carboxylic acids is 1. The van der Waals surface area contributed by atoms with Crippen LogP contribution in [0.2, 0.25) is 0 Å². The summed E-state index contributed by atoms with van der Waals surface area (Å²) in [4.78, 5) is 37.1. The zero-order valence-electron chi connectivity index (χ0n) is 22.3. The summed E-state index contributed by atoms with van der Waals surface area (Å²) >= 11 is 0. The maximum absolute atomic E-state index is 12.4. The first-order chi connectivity index (χ1) is 20.5. The molecule has 3 aliphatic rings. The lowest BCUT2D eigenvalue weighted by Gasteiger charge is -2.21. The molecule has 4 heterocycles. The third-order valence-corrected chi connectivity index (χ3v) is 7.48. The maximum Gasteiger partial charge on any atom is 0.336 e. The Balaban J connectivity index is 1.13. The van der Waals surface area contributed by atoms with Crippen molar-refractivity contribution in [3.63, 3.8) is 0 Å². The largest absolute Gasteiger partial charge is 0.478 e. The number of nitrogens with zero attached hydrogens (tertiary/aromatic N) is 4. The fraction of sp³-hybridized carbons (Fsp3) is 0.345. The summed E-state index contributed by atoms with van der Waals surface area (Å²) in [6.45, 7) is 0.221. The summed E-state index contributed by atoms with van der Waals surface area (Å²) in [5.41, 5.74) is 2.48. The number of amides is 2. The molecule has 0 spiro atoms. The number of carboxylic acids is 1. The van der Waals surface area contributed by atoms with Crippen molar-refractivity contribution in [2.24, 2.45) is 0 Å². The van der Waals surface area contributed by atoms with Gasteiger partial charge >= 0.3 is 12.0 Å². The SMILES string of the molecule is O=C(Nc1ncnc2c1ncn2C1OC(COCc2ccccc2C(=O)O)C2O[C@H](c3ccccc3)OC21)NC1CC1. The summed E-state index contributed by atoms with van der Waals surface area (Å²) < 4.78 is 26.9. The van der Waals surface area contributed by atoms with Gasteiger partial charge in [-0.15, -0.1) is 0 Å². The van der Waals surface area contributed by atoms with Crippen molar-refractivity contribution in [2.45, 2.75) is 56.3 Å². The molecule has 5 atom stereocenters. The van der Waals surface area contributed by atoms with Gasteiger partial charge in [-0.05, 0) is 24.5 Å². The lowest BCUT2D eigenvalue weighted by atomic mass is 10.1. The van der Waals surface area contributed by atoms with Crippen LogP contribution in [0.3, 0.4) is 0 Å². The van der Waals surface area contributed by atoms with Gasteiger partial charge in [-0.1, -0.05) is 48.5 Å². The van der Waals surface area contributed by atoms with Gasteiger partial charge < -0.3 is 29.4 Å². The Hall–Kier alpha value is -4.43. The molecule has 7 rings (SSSR count). The molecule has 0 bridgehead atoms. The number of hydrogen-bond acceptors (Lipinski definition) is 9. The molecule has 3 N–H and O–H groups in total. The molecule has 4 aromatic rings. The monoisotopic (exact) mass is 572 g/mol. The van der Waals surface area contributed by atoms with Gasteiger partial charge in [0.05, 0.1) is 25.1 Å². The highest BCUT2D eigenvalue weighted by Gasteiger charge is 2.54. The van der Waals surface area contributed by atoms with Crippen molar-refractivity contribution in [2.75, 3.05) is 11.9 Å². The molecule has 1 saturated carbocycles. The van der Waals surface area contributed by atoms with Gasteiger partial charge in [0.2, 0.25) is 0 Å². The third kappa shape index (κ3) is 5.18. The summed E-state index contributed by atoms with van der Waals surface area (Å²) in [6.07, 6.45) is 2.03. The lowest BCUT2D eigenvalue weighted by Crippen LogP contribution is -2.31. The fourth-order valence-corrected chi connectivity index (χ4v) is 5.29. The summed E-state index contributed by atoms with van der Waals surface area (Å²) in [5.74, 6) is -0.730. The van der Waals surface area contributed by atoms with Gasteiger partial charge in [0, 0.05) is 11.6 Å². The highest BCUT2D eigenvalue weighted by Crippen LogP contribution is 2.45. The fourth-order valence-electron chi connectivity index (χ4n) is 5.29. The van der Waals surface area contributed by atoms with Gasteiger partial charge in [-0.25, -0.2) is 24.5 Å². The topological polar surface area (TPSA) is 159 Å². The first-order valence-electron chi connectivity index (χ1n) is 13.7. The number of rotatable bonds is 9. The van der Waals surface area contributed by atoms with E-state index in [9.17, 15) is 14.7 Å². The highest BCUT2D eigenvalue weighted by molar-refractivity contribution is 5.96. The van der Waals surface area contributed by atoms with E-state index in [2.05, 4.69) is 25.6 Å². The van der Waals surface area contributed by atoms with Crippen molar-refractivity contribution in [1.82, 2.24) is 24.8 Å². The number of fused-ring (bicyclic) bond motifs is 2. The van der Waals surface area contributed by atoms with Gasteiger partial charge in [0.15, 0.2) is 29.5 Å². The van der Waals surface area contributed by atoms with Crippen LogP contribution in [0.15, 0.2) is 67.3 Å². The number of anilines is 1. The second kappa shape index (κ2) is 11.1. The molecule has 0 radical (unpaired) electrons. The highest BCUT2D eigenvalue weighted by atomic mass is 16.8. The first-order valence-corrected chi connectivity index (χ1v) is 13.7. The molecule has 13 heteroatoms. The Kier molecular flexibility index (Phi) is 6.99. The van der Waals surface area contributed by atoms with Crippen molar-refractivity contribution in [3.05, 3.63) is 83.9 Å². The van der Waals surface area contributed by atoms with E-state index in [0.29, 0.717) is 16.7 Å². The van der Waals surface area contributed by atoms with Crippen LogP contribution in [0, 0.1) is 0 Å². The second-order valence-electron chi connectivity index (χ2n) is 10.4. The molecule has 2 aromatic heterocycles. The number of urea groups is 1. The molecule has 2 amide bonds. The van der Waals surface area contributed by atoms with Crippen molar-refractivity contribution in [3.8, 4) is 0 Å². The summed E-state index contributed by atoms with van der Waals surface area (Å²) in [7, 11) is 0. The second-order valence-corrected chi connectivity index (χ2v) is 10.4. The third-order valence-electron chi connectivity index (χ3n) is 7.48. The van der Waals surface area contributed by atoms with Gasteiger partial charge in [0.1, 0.15) is 24.6 Å². The van der Waals surface area contributed by atoms with Crippen LogP contribution in [-0.4, -0.2) is 67.6 Å². The zero-order valence-corrected chi connectivity index (χ0v) is 22.3. The van der Waals surface area contributed by atoms with Crippen LogP contribution in [0.5, 0.6) is 0 Å². The number of carboxylic acid groups (broad SMARTS) is 1. The molecular formula is C29H28N6O7. The molecule has 2 aromatic carbocycles. The van der Waals surface area contributed by atoms with E-state index in [1.807, 2.05) is 30.3 Å². The Morgan fingerprint density at radius 2 is 1.76 bits per heavy atom. The van der Waals surface area contributed by atoms with E-state index in [4.69, 9.17) is 18.9 Å². The van der Waals surface area contributed by atoms with Crippen LogP contribution in [-0.2, 0) is 25.6 Å². The Morgan fingerprint density at radius 1 is 0.976 bits per heavy atom. The smallest absolute Gasteiger partial charge is 0.336 e. The molecular weight excluding hydrogens is 544 g/mol. The average molecular weight is 573 g/mol. The zero-order chi connectivity index (χ0) is 28.6. The van der Waals surface area contributed by atoms with Gasteiger partial charge in [0.25, 0.3) is 0 Å². The average Bonchev–Trinajstić information content (AvgIpc) is 3.38. The number of imidazole rings is 1. The number of carbonyl (C=O) groups is 2. The minimum absolute atomic E-state index is 0.0898. The Labute approximate surface area is 239 Å². The van der Waals surface area contributed by atoms with Crippen molar-refractivity contribution in [1.29, 1.82) is 0 Å². The Bertz CT molecular complexity index is 1610. The van der Waals surface area contributed by atoms with Gasteiger partial charge in [-0.2, -0.15) is 0 Å². The predicted molar refractivity (Wildman–Crippen MR) is 146 cm³/mol. The molecule has 42 heavy (non-hydrogen) atoms. The molecule has 4 unspecified atom stereocenters. The van der Waals surface area contributed by atoms with E-state index in [-0.39, 0.29) is 36.7 Å². The summed E-state index contributed by atoms with van der Waals surface area (Å²) in [5, 5.41) is 15.1. The molecule has 1 aliphatic carbocycles. The van der Waals surface area contributed by atoms with E-state index >= 15 is 0 Å². The van der Waals surface area contributed by atoms with Crippen LogP contribution in [0.4, 0.5) is 10.6 Å². The van der Waals surface area contributed by atoms with Crippen LogP contribution >= 0.6 is 0 Å². The number of ether oxygens (including phenoxy) is 4. The molecule has 2 aliphatic heterocycles. The predicted octanol–water partition coefficient (Wildman–Crippen LogP) is 3.41. The summed E-state index contributed by atoms with van der Waals surface area (Å²) in [6, 6.07) is 16.2. The van der Waals surface area contributed by atoms with E-state index < -0.39 is 36.8 Å². The van der Waals surface area contributed by atoms with Crippen molar-refractivity contribution >= 4 is 29.0 Å². The molecule has 2 saturated heterocycles. The maximum atomic E-state index is 12.4. The normalized spacial score (nSPS) is 24.9. The minimum Gasteiger partial charge on any atom is -0.478 e.